The second kappa shape index (κ2) is 2.73. The minimum absolute atomic E-state index is 0.833. The molecule has 1 rings (SSSR count). The molecule has 3 heteroatoms. The Morgan fingerprint density at radius 1 is 1.60 bits per heavy atom. The highest BCUT2D eigenvalue weighted by atomic mass is 15.4. The number of hydrazone groups is 1. The van der Waals surface area contributed by atoms with E-state index in [2.05, 4.69) is 17.1 Å². The fourth-order valence-corrected chi connectivity index (χ4v) is 0.411. The Hall–Kier alpha value is -0.990. The monoisotopic (exact) mass is 139 g/mol. The number of hydrogen-bond donors (Lipinski definition) is 1. The van der Waals surface area contributed by atoms with Gasteiger partial charge in [0, 0.05) is 19.8 Å². The summed E-state index contributed by atoms with van der Waals surface area (Å²) in [4.78, 5) is 1.90. The fourth-order valence-electron chi connectivity index (χ4n) is 0.411. The zero-order valence-electron chi connectivity index (χ0n) is 6.52. The van der Waals surface area contributed by atoms with Crippen LogP contribution in [0, 0.1) is 0 Å². The number of nitrogens with one attached hydrogen (secondary N) is 1. The van der Waals surface area contributed by atoms with Gasteiger partial charge < -0.3 is 4.90 Å². The van der Waals surface area contributed by atoms with Crippen LogP contribution in [0.1, 0.15) is 12.8 Å². The summed E-state index contributed by atoms with van der Waals surface area (Å²) in [6.45, 7) is 3.76. The first-order valence-corrected chi connectivity index (χ1v) is 3.38. The summed E-state index contributed by atoms with van der Waals surface area (Å²) in [6.07, 6.45) is 2.29. The molecule has 0 aromatic rings. The second-order valence-electron chi connectivity index (χ2n) is 2.63. The van der Waals surface area contributed by atoms with Gasteiger partial charge in [0.05, 0.1) is 0 Å². The van der Waals surface area contributed by atoms with Crippen molar-refractivity contribution in [2.45, 2.75) is 12.8 Å². The van der Waals surface area contributed by atoms with Gasteiger partial charge in [-0.15, -0.1) is 0 Å². The molecule has 0 unspecified atom stereocenters. The van der Waals surface area contributed by atoms with E-state index in [4.69, 9.17) is 0 Å². The van der Waals surface area contributed by atoms with Gasteiger partial charge in [0.2, 0.25) is 0 Å². The van der Waals surface area contributed by atoms with Gasteiger partial charge in [0.15, 0.2) is 0 Å². The highest BCUT2D eigenvalue weighted by Gasteiger charge is 2.12. The highest BCUT2D eigenvalue weighted by molar-refractivity contribution is 5.97. The summed E-state index contributed by atoms with van der Waals surface area (Å²) in [7, 11) is 3.87. The maximum Gasteiger partial charge on any atom is 0.114 e. The molecule has 0 saturated heterocycles. The average Bonchev–Trinajstić information content (AvgIpc) is 2.64. The summed E-state index contributed by atoms with van der Waals surface area (Å²) in [5.74, 6) is 0.833. The number of rotatable bonds is 3. The van der Waals surface area contributed by atoms with Crippen LogP contribution in [0.15, 0.2) is 17.5 Å². The summed E-state index contributed by atoms with van der Waals surface area (Å²) in [5.41, 5.74) is 4.10. The minimum Gasteiger partial charge on any atom is -0.364 e. The predicted octanol–water partition coefficient (Wildman–Crippen LogP) is 0.759. The minimum atomic E-state index is 0.833. The topological polar surface area (TPSA) is 27.6 Å². The quantitative estimate of drug-likeness (QED) is 0.584. The van der Waals surface area contributed by atoms with Crippen LogP contribution >= 0.6 is 0 Å². The SMILES string of the molecule is C=C(NN=C1CC1)N(C)C. The largest absolute Gasteiger partial charge is 0.364 e. The zero-order valence-corrected chi connectivity index (χ0v) is 6.52. The van der Waals surface area contributed by atoms with E-state index in [9.17, 15) is 0 Å². The van der Waals surface area contributed by atoms with Gasteiger partial charge in [-0.25, -0.2) is 0 Å². The Balaban J connectivity index is 2.24. The molecule has 0 bridgehead atoms. The van der Waals surface area contributed by atoms with Crippen LogP contribution in [0.5, 0.6) is 0 Å². The summed E-state index contributed by atoms with van der Waals surface area (Å²) < 4.78 is 0. The maximum atomic E-state index is 4.08. The Morgan fingerprint density at radius 2 is 2.20 bits per heavy atom. The lowest BCUT2D eigenvalue weighted by Crippen LogP contribution is -2.20. The number of nitrogens with zero attached hydrogens (tertiary/aromatic N) is 2. The molecule has 0 spiro atoms. The van der Waals surface area contributed by atoms with Crippen molar-refractivity contribution < 1.29 is 0 Å². The molecule has 1 fully saturated rings. The van der Waals surface area contributed by atoms with E-state index in [0.717, 1.165) is 18.7 Å². The first-order chi connectivity index (χ1) is 4.70. The van der Waals surface area contributed by atoms with Crippen LogP contribution in [0.2, 0.25) is 0 Å². The third-order valence-corrected chi connectivity index (χ3v) is 1.36. The van der Waals surface area contributed by atoms with Gasteiger partial charge in [0.1, 0.15) is 5.82 Å². The zero-order chi connectivity index (χ0) is 7.56. The van der Waals surface area contributed by atoms with Gasteiger partial charge in [-0.1, -0.05) is 6.58 Å². The Labute approximate surface area is 61.4 Å². The predicted molar refractivity (Wildman–Crippen MR) is 42.6 cm³/mol. The maximum absolute atomic E-state index is 4.08. The normalized spacial score (nSPS) is 14.4. The van der Waals surface area contributed by atoms with Gasteiger partial charge in [0.25, 0.3) is 0 Å². The number of hydrogen-bond acceptors (Lipinski definition) is 3. The lowest BCUT2D eigenvalue weighted by atomic mass is 10.7. The molecule has 3 nitrogen and oxygen atoms in total. The molecule has 10 heavy (non-hydrogen) atoms. The molecule has 1 aliphatic carbocycles. The standard InChI is InChI=1S/C7H13N3/c1-6(10(2)3)8-9-7-4-5-7/h8H,1,4-5H2,2-3H3. The van der Waals surface area contributed by atoms with E-state index >= 15 is 0 Å². The first-order valence-electron chi connectivity index (χ1n) is 3.38. The molecule has 0 aromatic heterocycles. The van der Waals surface area contributed by atoms with Crippen molar-refractivity contribution in [1.29, 1.82) is 0 Å². The third-order valence-electron chi connectivity index (χ3n) is 1.36. The van der Waals surface area contributed by atoms with E-state index in [0.29, 0.717) is 0 Å². The van der Waals surface area contributed by atoms with E-state index in [1.165, 1.54) is 5.71 Å². The molecule has 0 atom stereocenters. The lowest BCUT2D eigenvalue weighted by Gasteiger charge is -2.13. The van der Waals surface area contributed by atoms with Crippen molar-refractivity contribution in [2.24, 2.45) is 5.10 Å². The van der Waals surface area contributed by atoms with E-state index in [1.807, 2.05) is 19.0 Å². The molecule has 0 aromatic carbocycles. The molecular formula is C7H13N3. The molecule has 1 N–H and O–H groups in total. The van der Waals surface area contributed by atoms with Gasteiger partial charge in [-0.2, -0.15) is 5.10 Å². The van der Waals surface area contributed by atoms with E-state index in [-0.39, 0.29) is 0 Å². The van der Waals surface area contributed by atoms with Gasteiger partial charge >= 0.3 is 0 Å². The van der Waals surface area contributed by atoms with Crippen molar-refractivity contribution in [2.75, 3.05) is 14.1 Å². The van der Waals surface area contributed by atoms with Crippen molar-refractivity contribution in [3.05, 3.63) is 12.4 Å². The van der Waals surface area contributed by atoms with Crippen LogP contribution in [0.25, 0.3) is 0 Å². The van der Waals surface area contributed by atoms with E-state index < -0.39 is 0 Å². The van der Waals surface area contributed by atoms with Gasteiger partial charge in [-0.3, -0.25) is 5.43 Å². The lowest BCUT2D eigenvalue weighted by molar-refractivity contribution is 0.469. The van der Waals surface area contributed by atoms with Crippen molar-refractivity contribution >= 4 is 5.71 Å². The summed E-state index contributed by atoms with van der Waals surface area (Å²) in [5, 5.41) is 4.08. The van der Waals surface area contributed by atoms with Crippen molar-refractivity contribution in [1.82, 2.24) is 10.3 Å². The van der Waals surface area contributed by atoms with Crippen molar-refractivity contribution in [3.63, 3.8) is 0 Å². The van der Waals surface area contributed by atoms with Crippen LogP contribution in [0.3, 0.4) is 0 Å². The molecule has 1 aliphatic rings. The summed E-state index contributed by atoms with van der Waals surface area (Å²) in [6, 6.07) is 0. The highest BCUT2D eigenvalue weighted by Crippen LogP contribution is 2.12. The fraction of sp³-hybridized carbons (Fsp3) is 0.571. The van der Waals surface area contributed by atoms with Crippen LogP contribution in [-0.4, -0.2) is 24.7 Å². The van der Waals surface area contributed by atoms with Crippen LogP contribution < -0.4 is 5.43 Å². The second-order valence-corrected chi connectivity index (χ2v) is 2.63. The smallest absolute Gasteiger partial charge is 0.114 e. The van der Waals surface area contributed by atoms with Crippen LogP contribution in [-0.2, 0) is 0 Å². The Bertz CT molecular complexity index is 164. The molecule has 0 aliphatic heterocycles. The Morgan fingerprint density at radius 3 is 2.60 bits per heavy atom. The van der Waals surface area contributed by atoms with Crippen molar-refractivity contribution in [3.8, 4) is 0 Å². The Kier molecular flexibility index (Phi) is 1.94. The molecule has 0 heterocycles. The van der Waals surface area contributed by atoms with Crippen LogP contribution in [0.4, 0.5) is 0 Å². The molecule has 1 saturated carbocycles. The molecular weight excluding hydrogens is 126 g/mol. The molecule has 0 amide bonds. The average molecular weight is 139 g/mol. The third kappa shape index (κ3) is 2.09. The summed E-state index contributed by atoms with van der Waals surface area (Å²) >= 11 is 0. The first kappa shape index (κ1) is 7.12. The molecule has 56 valence electrons. The van der Waals surface area contributed by atoms with E-state index in [1.54, 1.807) is 0 Å². The molecule has 0 radical (unpaired) electrons. The van der Waals surface area contributed by atoms with Gasteiger partial charge in [-0.05, 0) is 12.8 Å².